The fraction of sp³-hybridized carbons (Fsp3) is 0.214. The quantitative estimate of drug-likeness (QED) is 0.642. The van der Waals surface area contributed by atoms with Crippen molar-refractivity contribution in [3.8, 4) is 11.1 Å². The summed E-state index contributed by atoms with van der Waals surface area (Å²) >= 11 is 15.4. The minimum atomic E-state index is -0.323. The predicted octanol–water partition coefficient (Wildman–Crippen LogP) is 5.65. The summed E-state index contributed by atoms with van der Waals surface area (Å²) in [5, 5.41) is 1.53. The van der Waals surface area contributed by atoms with E-state index in [1.165, 1.54) is 0 Å². The molecule has 0 fully saturated rings. The van der Waals surface area contributed by atoms with Crippen molar-refractivity contribution in [1.29, 1.82) is 0 Å². The first-order valence-electron chi connectivity index (χ1n) is 5.76. The van der Waals surface area contributed by atoms with Gasteiger partial charge in [-0.25, -0.2) is 4.39 Å². The highest BCUT2D eigenvalue weighted by molar-refractivity contribution is 9.08. The average molecular weight is 363 g/mol. The maximum Gasteiger partial charge on any atom is 0.152 e. The fourth-order valence-corrected chi connectivity index (χ4v) is 2.64. The van der Waals surface area contributed by atoms with Crippen molar-refractivity contribution >= 4 is 39.1 Å². The zero-order valence-electron chi connectivity index (χ0n) is 10.2. The minimum absolute atomic E-state index is 0.323. The van der Waals surface area contributed by atoms with Crippen LogP contribution in [0.3, 0.4) is 0 Å². The molecule has 0 saturated heterocycles. The maximum atomic E-state index is 14.4. The molecule has 0 bridgehead atoms. The Balaban J connectivity index is 2.66. The topological polar surface area (TPSA) is 12.9 Å². The maximum absolute atomic E-state index is 14.4. The summed E-state index contributed by atoms with van der Waals surface area (Å²) < 4.78 is 14.4. The van der Waals surface area contributed by atoms with Crippen LogP contribution in [0.15, 0.2) is 24.3 Å². The second-order valence-corrected chi connectivity index (χ2v) is 5.44. The van der Waals surface area contributed by atoms with E-state index in [1.54, 1.807) is 24.3 Å². The normalized spacial score (nSPS) is 10.8. The molecule has 1 aromatic heterocycles. The number of alkyl halides is 1. The molecule has 2 aromatic rings. The van der Waals surface area contributed by atoms with Gasteiger partial charge in [-0.2, -0.15) is 0 Å². The minimum Gasteiger partial charge on any atom is -0.254 e. The summed E-state index contributed by atoms with van der Waals surface area (Å²) in [4.78, 5) is 4.25. The SMILES string of the molecule is CCc1nc(CBr)cc(-c2ccc(Cl)cc2Cl)c1F. The van der Waals surface area contributed by atoms with E-state index in [1.807, 2.05) is 6.92 Å². The summed E-state index contributed by atoms with van der Waals surface area (Å²) in [6.45, 7) is 1.87. The van der Waals surface area contributed by atoms with Gasteiger partial charge in [-0.05, 0) is 24.6 Å². The van der Waals surface area contributed by atoms with Gasteiger partial charge in [0.1, 0.15) is 0 Å². The van der Waals surface area contributed by atoms with Crippen molar-refractivity contribution in [2.24, 2.45) is 0 Å². The van der Waals surface area contributed by atoms with Crippen molar-refractivity contribution in [3.05, 3.63) is 51.5 Å². The van der Waals surface area contributed by atoms with Gasteiger partial charge in [0.15, 0.2) is 5.82 Å². The van der Waals surface area contributed by atoms with E-state index in [0.717, 1.165) is 5.69 Å². The smallest absolute Gasteiger partial charge is 0.152 e. The van der Waals surface area contributed by atoms with E-state index in [4.69, 9.17) is 23.2 Å². The van der Waals surface area contributed by atoms with Crippen molar-refractivity contribution < 1.29 is 4.39 Å². The molecule has 100 valence electrons. The van der Waals surface area contributed by atoms with E-state index >= 15 is 0 Å². The van der Waals surface area contributed by atoms with Crippen molar-refractivity contribution in [2.45, 2.75) is 18.7 Å². The Morgan fingerprint density at radius 3 is 2.53 bits per heavy atom. The molecule has 19 heavy (non-hydrogen) atoms. The highest BCUT2D eigenvalue weighted by atomic mass is 79.9. The van der Waals surface area contributed by atoms with Crippen molar-refractivity contribution in [2.75, 3.05) is 0 Å². The van der Waals surface area contributed by atoms with Crippen LogP contribution in [0.25, 0.3) is 11.1 Å². The largest absolute Gasteiger partial charge is 0.254 e. The lowest BCUT2D eigenvalue weighted by atomic mass is 10.0. The number of hydrogen-bond donors (Lipinski definition) is 0. The number of nitrogens with zero attached hydrogens (tertiary/aromatic N) is 1. The summed E-state index contributed by atoms with van der Waals surface area (Å²) in [5.74, 6) is -0.323. The molecule has 0 radical (unpaired) electrons. The number of aryl methyl sites for hydroxylation is 1. The van der Waals surface area contributed by atoms with Gasteiger partial charge < -0.3 is 0 Å². The van der Waals surface area contributed by atoms with E-state index in [9.17, 15) is 4.39 Å². The first-order chi connectivity index (χ1) is 9.06. The predicted molar refractivity (Wildman–Crippen MR) is 81.7 cm³/mol. The van der Waals surface area contributed by atoms with Crippen LogP contribution in [0, 0.1) is 5.82 Å². The first-order valence-corrected chi connectivity index (χ1v) is 7.64. The van der Waals surface area contributed by atoms with Crippen LogP contribution >= 0.6 is 39.1 Å². The number of benzene rings is 1. The number of aromatic nitrogens is 1. The van der Waals surface area contributed by atoms with Gasteiger partial charge in [-0.3, -0.25) is 4.98 Å². The van der Waals surface area contributed by atoms with Gasteiger partial charge in [-0.1, -0.05) is 52.1 Å². The summed E-state index contributed by atoms with van der Waals surface area (Å²) in [7, 11) is 0. The zero-order chi connectivity index (χ0) is 14.0. The molecule has 1 heterocycles. The second kappa shape index (κ2) is 6.21. The van der Waals surface area contributed by atoms with Crippen LogP contribution in [0.5, 0.6) is 0 Å². The third-order valence-corrected chi connectivity index (χ3v) is 3.89. The van der Waals surface area contributed by atoms with Crippen LogP contribution in [-0.2, 0) is 11.8 Å². The number of hydrogen-bond acceptors (Lipinski definition) is 1. The molecule has 0 spiro atoms. The molecule has 1 nitrogen and oxygen atoms in total. The summed E-state index contributed by atoms with van der Waals surface area (Å²) in [6.07, 6.45) is 0.533. The highest BCUT2D eigenvalue weighted by Gasteiger charge is 2.15. The van der Waals surface area contributed by atoms with E-state index in [2.05, 4.69) is 20.9 Å². The van der Waals surface area contributed by atoms with Crippen LogP contribution in [0.2, 0.25) is 10.0 Å². The molecular formula is C14H11BrCl2FN. The Kier molecular flexibility index (Phi) is 4.82. The lowest BCUT2D eigenvalue weighted by molar-refractivity contribution is 0.603. The van der Waals surface area contributed by atoms with E-state index < -0.39 is 0 Å². The van der Waals surface area contributed by atoms with Crippen LogP contribution in [0.4, 0.5) is 4.39 Å². The number of pyridine rings is 1. The molecule has 0 N–H and O–H groups in total. The molecule has 0 atom stereocenters. The van der Waals surface area contributed by atoms with Crippen molar-refractivity contribution in [3.63, 3.8) is 0 Å². The average Bonchev–Trinajstić information content (AvgIpc) is 2.40. The van der Waals surface area contributed by atoms with Gasteiger partial charge in [-0.15, -0.1) is 0 Å². The molecule has 2 rings (SSSR count). The fourth-order valence-electron chi connectivity index (χ4n) is 1.85. The summed E-state index contributed by atoms with van der Waals surface area (Å²) in [5.41, 5.74) is 2.31. The van der Waals surface area contributed by atoms with E-state index in [0.29, 0.717) is 38.6 Å². The monoisotopic (exact) mass is 361 g/mol. The van der Waals surface area contributed by atoms with Crippen LogP contribution in [0.1, 0.15) is 18.3 Å². The van der Waals surface area contributed by atoms with Gasteiger partial charge in [0, 0.05) is 26.5 Å². The van der Waals surface area contributed by atoms with Gasteiger partial charge >= 0.3 is 0 Å². The number of halogens is 4. The Hall–Kier alpha value is -0.640. The number of rotatable bonds is 3. The molecule has 0 saturated carbocycles. The highest BCUT2D eigenvalue weighted by Crippen LogP contribution is 2.33. The van der Waals surface area contributed by atoms with Crippen LogP contribution < -0.4 is 0 Å². The molecule has 1 aromatic carbocycles. The Bertz CT molecular complexity index is 617. The zero-order valence-corrected chi connectivity index (χ0v) is 13.3. The van der Waals surface area contributed by atoms with Gasteiger partial charge in [0.05, 0.1) is 11.4 Å². The standard InChI is InChI=1S/C14H11BrCl2FN/c1-2-13-14(18)11(6-9(7-15)19-13)10-4-3-8(16)5-12(10)17/h3-6H,2,7H2,1H3. The third-order valence-electron chi connectivity index (χ3n) is 2.77. The lowest BCUT2D eigenvalue weighted by Crippen LogP contribution is -2.00. The summed E-state index contributed by atoms with van der Waals surface area (Å²) in [6, 6.07) is 6.73. The Morgan fingerprint density at radius 2 is 1.95 bits per heavy atom. The molecule has 0 aliphatic rings. The van der Waals surface area contributed by atoms with Crippen LogP contribution in [-0.4, -0.2) is 4.98 Å². The molecule has 5 heteroatoms. The third kappa shape index (κ3) is 3.10. The molecule has 0 amide bonds. The van der Waals surface area contributed by atoms with Crippen molar-refractivity contribution in [1.82, 2.24) is 4.98 Å². The van der Waals surface area contributed by atoms with E-state index in [-0.39, 0.29) is 5.82 Å². The molecule has 0 aliphatic heterocycles. The molecular weight excluding hydrogens is 352 g/mol. The Morgan fingerprint density at radius 1 is 1.21 bits per heavy atom. The lowest BCUT2D eigenvalue weighted by Gasteiger charge is -2.11. The molecule has 0 aliphatic carbocycles. The second-order valence-electron chi connectivity index (χ2n) is 4.03. The first kappa shape index (κ1) is 14.8. The Labute approximate surface area is 129 Å². The van der Waals surface area contributed by atoms with Gasteiger partial charge in [0.25, 0.3) is 0 Å². The molecule has 0 unspecified atom stereocenters. The van der Waals surface area contributed by atoms with Gasteiger partial charge in [0.2, 0.25) is 0 Å².